The highest BCUT2D eigenvalue weighted by Gasteiger charge is 2.16. The molecule has 0 saturated carbocycles. The summed E-state index contributed by atoms with van der Waals surface area (Å²) in [5, 5.41) is 10.1. The van der Waals surface area contributed by atoms with Gasteiger partial charge in [0, 0.05) is 20.2 Å². The molecule has 0 aliphatic heterocycles. The summed E-state index contributed by atoms with van der Waals surface area (Å²) in [6.07, 6.45) is 0. The van der Waals surface area contributed by atoms with Crippen LogP contribution in [0.5, 0.6) is 0 Å². The minimum atomic E-state index is -0.374. The van der Waals surface area contributed by atoms with Crippen LogP contribution in [0.15, 0.2) is 206 Å². The molecule has 0 saturated heterocycles. The van der Waals surface area contributed by atoms with Gasteiger partial charge in [0.15, 0.2) is 0 Å². The van der Waals surface area contributed by atoms with Gasteiger partial charge in [-0.25, -0.2) is 8.78 Å². The van der Waals surface area contributed by atoms with E-state index in [9.17, 15) is 0 Å². The van der Waals surface area contributed by atoms with E-state index in [1.165, 1.54) is 92.4 Å². The highest BCUT2D eigenvalue weighted by Crippen LogP contribution is 2.42. The zero-order chi connectivity index (χ0) is 43.8. The predicted molar refractivity (Wildman–Crippen MR) is 274 cm³/mol. The molecule has 0 unspecified atom stereocenters. The van der Waals surface area contributed by atoms with Gasteiger partial charge >= 0.3 is 0 Å². The second-order valence-electron chi connectivity index (χ2n) is 17.2. The van der Waals surface area contributed by atoms with Crippen molar-refractivity contribution in [1.82, 2.24) is 0 Å². The summed E-state index contributed by atoms with van der Waals surface area (Å²) >= 11 is 1.81. The lowest BCUT2D eigenvalue weighted by molar-refractivity contribution is 0.626. The number of thiophene rings is 1. The van der Waals surface area contributed by atoms with E-state index >= 15 is 8.78 Å². The smallest absolute Gasteiger partial charge is 0.124 e. The van der Waals surface area contributed by atoms with Crippen molar-refractivity contribution >= 4 is 63.8 Å². The van der Waals surface area contributed by atoms with Crippen LogP contribution in [-0.2, 0) is 0 Å². The minimum Gasteiger partial charge on any atom is -0.207 e. The second-order valence-corrected chi connectivity index (χ2v) is 18.3. The molecule has 12 rings (SSSR count). The summed E-state index contributed by atoms with van der Waals surface area (Å²) in [5.74, 6) is -0.746. The van der Waals surface area contributed by atoms with Crippen LogP contribution in [0.25, 0.3) is 119 Å². The Morgan fingerprint density at radius 3 is 1.34 bits per heavy atom. The first-order valence-electron chi connectivity index (χ1n) is 22.0. The largest absolute Gasteiger partial charge is 0.207 e. The van der Waals surface area contributed by atoms with Crippen molar-refractivity contribution in [3.63, 3.8) is 0 Å². The monoisotopic (exact) mass is 854 g/mol. The van der Waals surface area contributed by atoms with Gasteiger partial charge in [0.1, 0.15) is 11.6 Å². The van der Waals surface area contributed by atoms with Crippen molar-refractivity contribution in [2.75, 3.05) is 0 Å². The molecule has 0 amide bonds. The van der Waals surface area contributed by atoms with Gasteiger partial charge in [0.2, 0.25) is 0 Å². The van der Waals surface area contributed by atoms with E-state index in [1.54, 1.807) is 23.5 Å². The lowest BCUT2D eigenvalue weighted by Crippen LogP contribution is -1.92. The molecule has 0 radical (unpaired) electrons. The third-order valence-corrected chi connectivity index (χ3v) is 14.4. The van der Waals surface area contributed by atoms with Crippen molar-refractivity contribution < 1.29 is 8.78 Å². The first kappa shape index (κ1) is 38.9. The molecule has 12 aromatic rings. The third-order valence-electron chi connectivity index (χ3n) is 13.2. The molecule has 65 heavy (non-hydrogen) atoms. The molecule has 0 bridgehead atoms. The summed E-state index contributed by atoms with van der Waals surface area (Å²) in [7, 11) is 0. The van der Waals surface area contributed by atoms with Crippen LogP contribution in [0.4, 0.5) is 8.78 Å². The lowest BCUT2D eigenvalue weighted by Gasteiger charge is -2.16. The van der Waals surface area contributed by atoms with Crippen LogP contribution in [-0.4, -0.2) is 0 Å². The highest BCUT2D eigenvalue weighted by molar-refractivity contribution is 7.26. The maximum Gasteiger partial charge on any atom is 0.124 e. The average Bonchev–Trinajstić information content (AvgIpc) is 3.73. The number of hydrogen-bond acceptors (Lipinski definition) is 1. The number of hydrogen-bond donors (Lipinski definition) is 0. The van der Waals surface area contributed by atoms with Crippen molar-refractivity contribution in [2.24, 2.45) is 0 Å². The molecule has 308 valence electrons. The normalized spacial score (nSPS) is 11.7. The van der Waals surface area contributed by atoms with E-state index < -0.39 is 0 Å². The Hall–Kier alpha value is -7.72. The molecular weight excluding hydrogens is 815 g/mol. The summed E-state index contributed by atoms with van der Waals surface area (Å²) in [6.45, 7) is 4.37. The molecule has 0 aliphatic carbocycles. The molecule has 1 heterocycles. The summed E-state index contributed by atoms with van der Waals surface area (Å²) < 4.78 is 33.6. The van der Waals surface area contributed by atoms with E-state index in [0.717, 1.165) is 38.9 Å². The van der Waals surface area contributed by atoms with Crippen LogP contribution in [0.2, 0.25) is 0 Å². The first-order chi connectivity index (χ1) is 31.8. The molecule has 0 fully saturated rings. The van der Waals surface area contributed by atoms with E-state index in [4.69, 9.17) is 0 Å². The fourth-order valence-electron chi connectivity index (χ4n) is 10.2. The molecule has 0 nitrogen and oxygen atoms in total. The van der Waals surface area contributed by atoms with Crippen molar-refractivity contribution in [3.8, 4) is 66.8 Å². The molecule has 0 aliphatic rings. The van der Waals surface area contributed by atoms with E-state index in [-0.39, 0.29) is 11.6 Å². The van der Waals surface area contributed by atoms with Gasteiger partial charge in [-0.3, -0.25) is 0 Å². The Labute approximate surface area is 380 Å². The predicted octanol–water partition coefficient (Wildman–Crippen LogP) is 18.4. The average molecular weight is 855 g/mol. The van der Waals surface area contributed by atoms with Crippen LogP contribution in [0.3, 0.4) is 0 Å². The van der Waals surface area contributed by atoms with Crippen LogP contribution in [0.1, 0.15) is 11.1 Å². The molecule has 3 heteroatoms. The van der Waals surface area contributed by atoms with Gasteiger partial charge in [-0.05, 0) is 179 Å². The topological polar surface area (TPSA) is 0 Å². The minimum absolute atomic E-state index is 0.371. The number of fused-ring (bicyclic) bond motifs is 9. The van der Waals surface area contributed by atoms with Crippen molar-refractivity contribution in [2.45, 2.75) is 13.8 Å². The van der Waals surface area contributed by atoms with Gasteiger partial charge < -0.3 is 0 Å². The first-order valence-corrected chi connectivity index (χ1v) is 22.8. The Morgan fingerprint density at radius 2 is 0.723 bits per heavy atom. The van der Waals surface area contributed by atoms with E-state index in [0.29, 0.717) is 11.1 Å². The van der Waals surface area contributed by atoms with E-state index in [1.807, 2.05) is 36.4 Å². The van der Waals surface area contributed by atoms with Gasteiger partial charge in [0.05, 0.1) is 0 Å². The molecule has 0 N–H and O–H groups in total. The van der Waals surface area contributed by atoms with Gasteiger partial charge in [-0.1, -0.05) is 152 Å². The molecule has 0 spiro atoms. The highest BCUT2D eigenvalue weighted by atomic mass is 32.1. The number of aryl methyl sites for hydroxylation is 2. The summed E-state index contributed by atoms with van der Waals surface area (Å²) in [4.78, 5) is 0. The fraction of sp³-hybridized carbons (Fsp3) is 0.0323. The summed E-state index contributed by atoms with van der Waals surface area (Å²) in [6, 6.07) is 70.3. The molecular formula is C62H40F2S. The number of halogens is 2. The Morgan fingerprint density at radius 1 is 0.292 bits per heavy atom. The van der Waals surface area contributed by atoms with Gasteiger partial charge in [0.25, 0.3) is 0 Å². The second kappa shape index (κ2) is 15.5. The quantitative estimate of drug-likeness (QED) is 0.146. The van der Waals surface area contributed by atoms with Gasteiger partial charge in [-0.15, -0.1) is 11.3 Å². The standard InChI is InChI=1S/C62H40F2S/c1-37-27-44(28-38(2)61(37)43-25-26-56-54-15-4-3-13-52(54)53-14-5-6-16-55(53)59(56)36-43)41-11-9-12-42(29-41)46-31-48(35-50(64)33-46)47-30-45(32-49(63)34-47)39-21-23-40(24-22-39)51-18-10-19-58-57-17-7-8-20-60(57)65-62(51)58/h3-36H,1-2H3. The van der Waals surface area contributed by atoms with Crippen LogP contribution < -0.4 is 0 Å². The Balaban J connectivity index is 0.857. The molecule has 0 atom stereocenters. The lowest BCUT2D eigenvalue weighted by atomic mass is 9.88. The third kappa shape index (κ3) is 6.79. The molecule has 11 aromatic carbocycles. The Kier molecular flexibility index (Phi) is 9.29. The zero-order valence-electron chi connectivity index (χ0n) is 35.8. The van der Waals surface area contributed by atoms with Crippen LogP contribution >= 0.6 is 11.3 Å². The molecule has 1 aromatic heterocycles. The summed E-state index contributed by atoms with van der Waals surface area (Å²) in [5.41, 5.74) is 13.7. The zero-order valence-corrected chi connectivity index (χ0v) is 36.6. The van der Waals surface area contributed by atoms with E-state index in [2.05, 4.69) is 159 Å². The number of benzene rings is 11. The SMILES string of the molecule is Cc1cc(-c2cccc(-c3cc(F)cc(-c4cc(F)cc(-c5ccc(-c6cccc7c6sc6ccccc67)cc5)c4)c3)c2)cc(C)c1-c1ccc2c3ccccc3c3ccccc3c2c1. The van der Waals surface area contributed by atoms with Crippen molar-refractivity contribution in [1.29, 1.82) is 0 Å². The fourth-order valence-corrected chi connectivity index (χ4v) is 11.4. The Bertz CT molecular complexity index is 3820. The maximum atomic E-state index is 15.6. The number of rotatable bonds is 6. The van der Waals surface area contributed by atoms with Gasteiger partial charge in [-0.2, -0.15) is 0 Å². The maximum absolute atomic E-state index is 15.6. The van der Waals surface area contributed by atoms with Crippen LogP contribution in [0, 0.1) is 25.5 Å². The van der Waals surface area contributed by atoms with Crippen molar-refractivity contribution in [3.05, 3.63) is 229 Å².